The third kappa shape index (κ3) is 22.8. The zero-order chi connectivity index (χ0) is 75.3. The molecule has 0 aromatic heterocycles. The highest BCUT2D eigenvalue weighted by atomic mass is 16.8. The fourth-order valence-corrected chi connectivity index (χ4v) is 14.3. The average molecular weight is 1500 g/mol. The van der Waals surface area contributed by atoms with E-state index in [0.29, 0.717) is 0 Å². The van der Waals surface area contributed by atoms with Crippen LogP contribution in [0.2, 0.25) is 0 Å². The van der Waals surface area contributed by atoms with Gasteiger partial charge in [-0.25, -0.2) is 0 Å². The Labute approximate surface area is 651 Å². The molecule has 2 heterocycles. The molecule has 0 spiro atoms. The maximum atomic E-state index is 14.5. The topological polar surface area (TPSA) is 159 Å². The van der Waals surface area contributed by atoms with Gasteiger partial charge in [0.1, 0.15) is 85.5 Å². The number of hydrogen-bond donors (Lipinski definition) is 1. The Hall–Kier alpha value is -9.22. The number of aliphatic hydroxyl groups is 1. The van der Waals surface area contributed by atoms with Crippen molar-refractivity contribution in [1.82, 2.24) is 0 Å². The van der Waals surface area contributed by atoms with Crippen molar-refractivity contribution in [3.8, 4) is 0 Å². The van der Waals surface area contributed by atoms with Gasteiger partial charge < -0.3 is 76.2 Å². The first kappa shape index (κ1) is 78.5. The van der Waals surface area contributed by atoms with Crippen LogP contribution < -0.4 is 0 Å². The SMILES string of the molecule is OC1[C@H](O[C@H]2O[C@H](COCc3ccccc3)[C@@H](OCc3ccccc3)[C@H](OCc3ccccc3)[C@@H]2OCc2ccccc2)[C@H](OCc2ccccc2)C(OCc2ccccc2)[C@H](OCc2ccccc2)[C@H]1O[C@H]1O[C@H](COCc2ccccc2)[C@@H](OCc2ccccc2)[C@H](OCc2ccccc2)[C@@H]1OCc1ccccc1. The number of aliphatic hydroxyl groups excluding tert-OH is 1. The molecule has 11 aromatic rings. The summed E-state index contributed by atoms with van der Waals surface area (Å²) >= 11 is 0. The Morgan fingerprint density at radius 3 is 0.559 bits per heavy atom. The molecule has 0 amide bonds. The third-order valence-electron chi connectivity index (χ3n) is 20.1. The first-order valence-corrected chi connectivity index (χ1v) is 38.4. The molecule has 1 aliphatic carbocycles. The molecule has 574 valence electrons. The number of benzene rings is 11. The van der Waals surface area contributed by atoms with Crippen molar-refractivity contribution in [3.05, 3.63) is 395 Å². The quantitative estimate of drug-likeness (QED) is 0.0387. The molecule has 14 rings (SSSR count). The predicted octanol–water partition coefficient (Wildman–Crippen LogP) is 16.3. The molecule has 2 saturated heterocycles. The minimum Gasteiger partial charge on any atom is -0.387 e. The molecule has 16 nitrogen and oxygen atoms in total. The molecular weight excluding hydrogens is 1400 g/mol. The van der Waals surface area contributed by atoms with Crippen molar-refractivity contribution >= 4 is 0 Å². The molecule has 0 bridgehead atoms. The lowest BCUT2D eigenvalue weighted by atomic mass is 9.83. The highest BCUT2D eigenvalue weighted by Gasteiger charge is 2.60. The van der Waals surface area contributed by atoms with Gasteiger partial charge in [0.2, 0.25) is 0 Å². The highest BCUT2D eigenvalue weighted by molar-refractivity contribution is 5.23. The van der Waals surface area contributed by atoms with Crippen molar-refractivity contribution in [2.24, 2.45) is 0 Å². The predicted molar refractivity (Wildman–Crippen MR) is 420 cm³/mol. The number of hydrogen-bond acceptors (Lipinski definition) is 16. The Morgan fingerprint density at radius 1 is 0.189 bits per heavy atom. The molecule has 16 heteroatoms. The molecule has 16 atom stereocenters. The van der Waals surface area contributed by atoms with E-state index in [0.717, 1.165) is 61.2 Å². The van der Waals surface area contributed by atoms with Gasteiger partial charge in [0, 0.05) is 0 Å². The summed E-state index contributed by atoms with van der Waals surface area (Å²) in [6.07, 6.45) is -18.1. The molecule has 1 saturated carbocycles. The van der Waals surface area contributed by atoms with Gasteiger partial charge in [-0.2, -0.15) is 0 Å². The number of rotatable bonds is 39. The van der Waals surface area contributed by atoms with Crippen LogP contribution in [0.5, 0.6) is 0 Å². The molecule has 3 fully saturated rings. The second-order valence-electron chi connectivity index (χ2n) is 28.1. The molecule has 2 unspecified atom stereocenters. The molecule has 11 aromatic carbocycles. The van der Waals surface area contributed by atoms with Crippen molar-refractivity contribution in [2.45, 2.75) is 171 Å². The fourth-order valence-electron chi connectivity index (χ4n) is 14.3. The van der Waals surface area contributed by atoms with Crippen LogP contribution in [0.4, 0.5) is 0 Å². The Bertz CT molecular complexity index is 4090. The summed E-state index contributed by atoms with van der Waals surface area (Å²) in [5, 5.41) is 14.5. The van der Waals surface area contributed by atoms with E-state index in [1.54, 1.807) is 0 Å². The van der Waals surface area contributed by atoms with E-state index in [1.807, 2.05) is 334 Å². The third-order valence-corrected chi connectivity index (χ3v) is 20.1. The second kappa shape index (κ2) is 41.9. The summed E-state index contributed by atoms with van der Waals surface area (Å²) in [6.45, 7) is 1.71. The first-order chi connectivity index (χ1) is 55.0. The van der Waals surface area contributed by atoms with E-state index in [4.69, 9.17) is 71.1 Å². The lowest BCUT2D eigenvalue weighted by Gasteiger charge is -2.53. The molecule has 2 aliphatic heterocycles. The maximum Gasteiger partial charge on any atom is 0.187 e. The summed E-state index contributed by atoms with van der Waals surface area (Å²) in [7, 11) is 0. The largest absolute Gasteiger partial charge is 0.387 e. The molecule has 0 radical (unpaired) electrons. The highest BCUT2D eigenvalue weighted by Crippen LogP contribution is 2.41. The van der Waals surface area contributed by atoms with Crippen LogP contribution >= 0.6 is 0 Å². The lowest BCUT2D eigenvalue weighted by molar-refractivity contribution is -0.381. The summed E-state index contributed by atoms with van der Waals surface area (Å²) in [6, 6.07) is 110. The monoisotopic (exact) mass is 1490 g/mol. The van der Waals surface area contributed by atoms with Crippen LogP contribution in [0.3, 0.4) is 0 Å². The minimum absolute atomic E-state index is 0.0269. The van der Waals surface area contributed by atoms with Crippen molar-refractivity contribution in [2.75, 3.05) is 13.2 Å². The summed E-state index contributed by atoms with van der Waals surface area (Å²) in [4.78, 5) is 0. The van der Waals surface area contributed by atoms with Crippen LogP contribution in [0.1, 0.15) is 61.2 Å². The van der Waals surface area contributed by atoms with E-state index >= 15 is 0 Å². The van der Waals surface area contributed by atoms with Gasteiger partial charge in [-0.1, -0.05) is 334 Å². The minimum atomic E-state index is -1.67. The first-order valence-electron chi connectivity index (χ1n) is 38.4. The van der Waals surface area contributed by atoms with E-state index in [9.17, 15) is 5.11 Å². The fraction of sp³-hybridized carbons (Fsp3) is 0.305. The smallest absolute Gasteiger partial charge is 0.187 e. The molecule has 111 heavy (non-hydrogen) atoms. The van der Waals surface area contributed by atoms with Crippen LogP contribution in [0, 0.1) is 0 Å². The van der Waals surface area contributed by atoms with Crippen molar-refractivity contribution < 1.29 is 76.2 Å². The van der Waals surface area contributed by atoms with E-state index in [1.165, 1.54) is 0 Å². The zero-order valence-electron chi connectivity index (χ0n) is 62.3. The zero-order valence-corrected chi connectivity index (χ0v) is 62.3. The molecular formula is C95H98O16. The summed E-state index contributed by atoms with van der Waals surface area (Å²) in [5.41, 5.74) is 10.00. The maximum absolute atomic E-state index is 14.5. The average Bonchev–Trinajstić information content (AvgIpc) is 0.750. The standard InChI is InChI=1S/C95H98O16/c96-82-85(110-94-92(106-65-78-52-30-10-31-53-78)87(101-60-73-42-20-5-21-43-73)83(99-58-71-38-16-3-17-39-71)80(108-94)67-97-56-69-34-12-1-13-35-69)89(103-62-75-46-24-7-25-47-75)91(105-64-77-50-28-9-29-51-77)90(104-63-76-48-26-8-27-49-76)86(82)111-95-93(107-66-79-54-32-11-33-55-79)88(102-61-74-44-22-6-23-45-74)84(100-59-72-40-18-4-19-41-72)81(109-95)68-98-57-70-36-14-2-15-37-70/h1-55,80-96H,56-68H2/t80-,81-,82?,83-,84-,85+,86+,87+,88+,89-,90+,91?,92+,93+,94-,95-/m1/s1. The molecule has 3 aliphatic rings. The normalized spacial score (nSPS) is 24.6. The van der Waals surface area contributed by atoms with E-state index in [-0.39, 0.29) is 85.9 Å². The lowest BCUT2D eigenvalue weighted by Crippen LogP contribution is -2.70. The summed E-state index contributed by atoms with van der Waals surface area (Å²) in [5.74, 6) is 0. The van der Waals surface area contributed by atoms with Gasteiger partial charge in [0.25, 0.3) is 0 Å². The number of ether oxygens (including phenoxy) is 15. The Morgan fingerprint density at radius 2 is 0.351 bits per heavy atom. The Kier molecular flexibility index (Phi) is 29.6. The van der Waals surface area contributed by atoms with E-state index < -0.39 is 98.0 Å². The van der Waals surface area contributed by atoms with Crippen molar-refractivity contribution in [1.29, 1.82) is 0 Å². The van der Waals surface area contributed by atoms with Crippen LogP contribution in [-0.4, -0.2) is 116 Å². The van der Waals surface area contributed by atoms with Crippen LogP contribution in [0.25, 0.3) is 0 Å². The van der Waals surface area contributed by atoms with Gasteiger partial charge in [-0.3, -0.25) is 0 Å². The molecule has 1 N–H and O–H groups in total. The van der Waals surface area contributed by atoms with Gasteiger partial charge in [0.05, 0.1) is 85.9 Å². The van der Waals surface area contributed by atoms with Crippen molar-refractivity contribution in [3.63, 3.8) is 0 Å². The van der Waals surface area contributed by atoms with Gasteiger partial charge in [-0.05, 0) is 61.2 Å². The Balaban J connectivity index is 0.913. The van der Waals surface area contributed by atoms with Gasteiger partial charge in [-0.15, -0.1) is 0 Å². The summed E-state index contributed by atoms with van der Waals surface area (Å²) < 4.78 is 110. The van der Waals surface area contributed by atoms with Gasteiger partial charge in [0.15, 0.2) is 12.6 Å². The van der Waals surface area contributed by atoms with Crippen LogP contribution in [0.15, 0.2) is 334 Å². The van der Waals surface area contributed by atoms with Crippen LogP contribution in [-0.2, 0) is 144 Å². The van der Waals surface area contributed by atoms with Gasteiger partial charge >= 0.3 is 0 Å². The van der Waals surface area contributed by atoms with E-state index in [2.05, 4.69) is 0 Å². The second-order valence-corrected chi connectivity index (χ2v) is 28.1.